The molecule has 0 spiro atoms. The lowest BCUT2D eigenvalue weighted by molar-refractivity contribution is -0.138. The van der Waals surface area contributed by atoms with E-state index in [1.165, 1.54) is 6.92 Å². The number of anilines is 1. The fourth-order valence-corrected chi connectivity index (χ4v) is 1.24. The summed E-state index contributed by atoms with van der Waals surface area (Å²) in [5, 5.41) is 8.81. The van der Waals surface area contributed by atoms with Crippen LogP contribution in [0, 0.1) is 0 Å². The van der Waals surface area contributed by atoms with Gasteiger partial charge in [-0.05, 0) is 19.1 Å². The van der Waals surface area contributed by atoms with E-state index in [1.54, 1.807) is 30.3 Å². The van der Waals surface area contributed by atoms with Crippen LogP contribution in [0.25, 0.3) is 0 Å². The van der Waals surface area contributed by atoms with Gasteiger partial charge in [0.15, 0.2) is 0 Å². The zero-order valence-corrected chi connectivity index (χ0v) is 8.25. The van der Waals surface area contributed by atoms with E-state index in [0.717, 1.165) is 4.90 Å². The van der Waals surface area contributed by atoms with Crippen molar-refractivity contribution in [2.45, 2.75) is 13.0 Å². The number of carbonyl (C=O) groups is 2. The minimum atomic E-state index is -1.10. The summed E-state index contributed by atoms with van der Waals surface area (Å²) in [5.74, 6) is -1.10. The van der Waals surface area contributed by atoms with E-state index in [9.17, 15) is 9.59 Å². The van der Waals surface area contributed by atoms with Crippen molar-refractivity contribution in [1.29, 1.82) is 0 Å². The van der Waals surface area contributed by atoms with Crippen molar-refractivity contribution in [3.63, 3.8) is 0 Å². The molecule has 0 heterocycles. The number of amides is 2. The van der Waals surface area contributed by atoms with Gasteiger partial charge in [-0.2, -0.15) is 0 Å². The van der Waals surface area contributed by atoms with E-state index in [-0.39, 0.29) is 0 Å². The molecule has 2 amide bonds. The largest absolute Gasteiger partial charge is 0.480 e. The quantitative estimate of drug-likeness (QED) is 0.778. The fraction of sp³-hybridized carbons (Fsp3) is 0.200. The number of primary amides is 1. The highest BCUT2D eigenvalue weighted by Gasteiger charge is 2.24. The lowest BCUT2D eigenvalue weighted by Crippen LogP contribution is -2.46. The Morgan fingerprint density at radius 2 is 1.87 bits per heavy atom. The molecule has 1 atom stereocenters. The van der Waals surface area contributed by atoms with Gasteiger partial charge in [0.1, 0.15) is 6.04 Å². The highest BCUT2D eigenvalue weighted by Crippen LogP contribution is 2.16. The predicted molar refractivity (Wildman–Crippen MR) is 55.6 cm³/mol. The Bertz CT molecular complexity index is 364. The molecule has 0 saturated carbocycles. The van der Waals surface area contributed by atoms with Gasteiger partial charge in [0.05, 0.1) is 0 Å². The third-order valence-electron chi connectivity index (χ3n) is 2.02. The second kappa shape index (κ2) is 4.45. The maximum Gasteiger partial charge on any atom is 0.326 e. The predicted octanol–water partition coefficient (Wildman–Crippen LogP) is 1.04. The molecule has 0 aliphatic carbocycles. The molecule has 0 bridgehead atoms. The summed E-state index contributed by atoms with van der Waals surface area (Å²) in [6.45, 7) is 1.40. The number of para-hydroxylation sites is 1. The molecule has 1 aromatic carbocycles. The number of carboxylic acid groups (broad SMARTS) is 1. The van der Waals surface area contributed by atoms with E-state index in [0.29, 0.717) is 5.69 Å². The Kier molecular flexibility index (Phi) is 3.28. The third-order valence-corrected chi connectivity index (χ3v) is 2.02. The summed E-state index contributed by atoms with van der Waals surface area (Å²) < 4.78 is 0. The summed E-state index contributed by atoms with van der Waals surface area (Å²) >= 11 is 0. The van der Waals surface area contributed by atoms with E-state index in [4.69, 9.17) is 10.8 Å². The molecule has 0 aromatic heterocycles. The minimum Gasteiger partial charge on any atom is -0.480 e. The molecule has 0 saturated heterocycles. The lowest BCUT2D eigenvalue weighted by atomic mass is 10.2. The molecule has 5 heteroatoms. The van der Waals surface area contributed by atoms with Crippen LogP contribution in [-0.4, -0.2) is 23.1 Å². The Morgan fingerprint density at radius 3 is 2.27 bits per heavy atom. The second-order valence-corrected chi connectivity index (χ2v) is 3.06. The molecule has 0 radical (unpaired) electrons. The number of hydrogen-bond acceptors (Lipinski definition) is 2. The standard InChI is InChI=1S/C10H12N2O3/c1-7(9(13)14)12(10(11)15)8-5-3-2-4-6-8/h2-7H,1H3,(H2,11,15)(H,13,14)/t7-/m0/s1. The van der Waals surface area contributed by atoms with E-state index in [2.05, 4.69) is 0 Å². The molecule has 15 heavy (non-hydrogen) atoms. The van der Waals surface area contributed by atoms with Crippen LogP contribution in [0.15, 0.2) is 30.3 Å². The van der Waals surface area contributed by atoms with Gasteiger partial charge in [-0.15, -0.1) is 0 Å². The zero-order valence-electron chi connectivity index (χ0n) is 8.25. The van der Waals surface area contributed by atoms with Gasteiger partial charge in [-0.25, -0.2) is 9.59 Å². The average Bonchev–Trinajstić information content (AvgIpc) is 2.18. The first-order chi connectivity index (χ1) is 7.04. The van der Waals surface area contributed by atoms with Crippen molar-refractivity contribution in [1.82, 2.24) is 0 Å². The van der Waals surface area contributed by atoms with Gasteiger partial charge >= 0.3 is 12.0 Å². The molecule has 0 fully saturated rings. The van der Waals surface area contributed by atoms with Crippen LogP contribution in [0.2, 0.25) is 0 Å². The smallest absolute Gasteiger partial charge is 0.326 e. The van der Waals surface area contributed by atoms with Crippen molar-refractivity contribution in [2.24, 2.45) is 5.73 Å². The molecule has 0 unspecified atom stereocenters. The molecular formula is C10H12N2O3. The molecule has 5 nitrogen and oxygen atoms in total. The van der Waals surface area contributed by atoms with Crippen LogP contribution in [0.5, 0.6) is 0 Å². The number of nitrogens with zero attached hydrogens (tertiary/aromatic N) is 1. The monoisotopic (exact) mass is 208 g/mol. The number of hydrogen-bond donors (Lipinski definition) is 2. The first-order valence-corrected chi connectivity index (χ1v) is 4.40. The van der Waals surface area contributed by atoms with E-state index < -0.39 is 18.0 Å². The topological polar surface area (TPSA) is 83.6 Å². The van der Waals surface area contributed by atoms with Crippen LogP contribution in [0.3, 0.4) is 0 Å². The van der Waals surface area contributed by atoms with Gasteiger partial charge in [-0.1, -0.05) is 18.2 Å². The van der Waals surface area contributed by atoms with Crippen LogP contribution >= 0.6 is 0 Å². The number of nitrogens with two attached hydrogens (primary N) is 1. The van der Waals surface area contributed by atoms with Gasteiger partial charge in [0, 0.05) is 5.69 Å². The van der Waals surface area contributed by atoms with Gasteiger partial charge in [-0.3, -0.25) is 4.90 Å². The highest BCUT2D eigenvalue weighted by atomic mass is 16.4. The number of rotatable bonds is 3. The Labute approximate surface area is 87.1 Å². The highest BCUT2D eigenvalue weighted by molar-refractivity contribution is 5.96. The van der Waals surface area contributed by atoms with Crippen molar-refractivity contribution in [3.05, 3.63) is 30.3 Å². The molecule has 0 aliphatic rings. The van der Waals surface area contributed by atoms with Gasteiger partial charge in [0.25, 0.3) is 0 Å². The summed E-state index contributed by atoms with van der Waals surface area (Å²) in [5.41, 5.74) is 5.60. The summed E-state index contributed by atoms with van der Waals surface area (Å²) in [7, 11) is 0. The van der Waals surface area contributed by atoms with Crippen molar-refractivity contribution >= 4 is 17.7 Å². The van der Waals surface area contributed by atoms with Gasteiger partial charge < -0.3 is 10.8 Å². The third kappa shape index (κ3) is 2.46. The SMILES string of the molecule is C[C@@H](C(=O)O)N(C(N)=O)c1ccccc1. The Balaban J connectivity index is 3.04. The number of carboxylic acids is 1. The average molecular weight is 208 g/mol. The number of aliphatic carboxylic acids is 1. The molecule has 0 aliphatic heterocycles. The van der Waals surface area contributed by atoms with Crippen molar-refractivity contribution < 1.29 is 14.7 Å². The fourth-order valence-electron chi connectivity index (χ4n) is 1.24. The number of carbonyl (C=O) groups excluding carboxylic acids is 1. The summed E-state index contributed by atoms with van der Waals surface area (Å²) in [4.78, 5) is 22.9. The molecule has 80 valence electrons. The van der Waals surface area contributed by atoms with E-state index >= 15 is 0 Å². The minimum absolute atomic E-state index is 0.472. The maximum absolute atomic E-state index is 11.1. The zero-order chi connectivity index (χ0) is 11.4. The molecular weight excluding hydrogens is 196 g/mol. The van der Waals surface area contributed by atoms with Crippen molar-refractivity contribution in [3.8, 4) is 0 Å². The van der Waals surface area contributed by atoms with Crippen molar-refractivity contribution in [2.75, 3.05) is 4.90 Å². The van der Waals surface area contributed by atoms with Crippen LogP contribution in [0.1, 0.15) is 6.92 Å². The first kappa shape index (κ1) is 11.0. The maximum atomic E-state index is 11.1. The van der Waals surface area contributed by atoms with Gasteiger partial charge in [0.2, 0.25) is 0 Å². The number of benzene rings is 1. The number of urea groups is 1. The van der Waals surface area contributed by atoms with Crippen LogP contribution < -0.4 is 10.6 Å². The van der Waals surface area contributed by atoms with Crippen LogP contribution in [-0.2, 0) is 4.79 Å². The lowest BCUT2D eigenvalue weighted by Gasteiger charge is -2.24. The second-order valence-electron chi connectivity index (χ2n) is 3.06. The Hall–Kier alpha value is -2.04. The first-order valence-electron chi connectivity index (χ1n) is 4.40. The Morgan fingerprint density at radius 1 is 1.33 bits per heavy atom. The molecule has 1 aromatic rings. The van der Waals surface area contributed by atoms with E-state index in [1.807, 2.05) is 0 Å². The molecule has 1 rings (SSSR count). The summed E-state index contributed by atoms with van der Waals surface area (Å²) in [6, 6.07) is 6.68. The molecule has 3 N–H and O–H groups in total. The normalized spacial score (nSPS) is 11.8. The summed E-state index contributed by atoms with van der Waals surface area (Å²) in [6.07, 6.45) is 0. The van der Waals surface area contributed by atoms with Crippen LogP contribution in [0.4, 0.5) is 10.5 Å².